The molecule has 0 bridgehead atoms. The van der Waals surface area contributed by atoms with E-state index < -0.39 is 0 Å². The third-order valence-electron chi connectivity index (χ3n) is 6.54. The Hall–Kier alpha value is -3.78. The highest BCUT2D eigenvalue weighted by atomic mass is 15.1. The lowest BCUT2D eigenvalue weighted by atomic mass is 10.1. The Labute approximate surface area is 197 Å². The second-order valence-corrected chi connectivity index (χ2v) is 8.85. The smallest absolute Gasteiger partial charge is 0.139 e. The van der Waals surface area contributed by atoms with Gasteiger partial charge >= 0.3 is 0 Å². The van der Waals surface area contributed by atoms with E-state index >= 15 is 0 Å². The number of rotatable bonds is 6. The van der Waals surface area contributed by atoms with Crippen LogP contribution in [0, 0.1) is 0 Å². The Morgan fingerprint density at radius 3 is 2.85 bits per heavy atom. The van der Waals surface area contributed by atoms with Crippen LogP contribution in [0.2, 0.25) is 0 Å². The number of nitrogens with one attached hydrogen (secondary N) is 3. The predicted octanol–water partition coefficient (Wildman–Crippen LogP) is 4.66. The van der Waals surface area contributed by atoms with Crippen LogP contribution in [0.1, 0.15) is 31.7 Å². The summed E-state index contributed by atoms with van der Waals surface area (Å²) < 4.78 is 0. The second-order valence-electron chi connectivity index (χ2n) is 8.85. The van der Waals surface area contributed by atoms with Crippen LogP contribution in [-0.4, -0.2) is 49.8 Å². The molecule has 8 nitrogen and oxygen atoms in total. The summed E-state index contributed by atoms with van der Waals surface area (Å²) in [5.74, 6) is 0. The maximum Gasteiger partial charge on any atom is 0.139 e. The molecule has 0 radical (unpaired) electrons. The highest BCUT2D eigenvalue weighted by Gasteiger charge is 2.18. The maximum absolute atomic E-state index is 4.98. The Bertz CT molecular complexity index is 1440. The van der Waals surface area contributed by atoms with E-state index in [-0.39, 0.29) is 0 Å². The van der Waals surface area contributed by atoms with E-state index in [9.17, 15) is 0 Å². The normalized spacial score (nSPS) is 14.3. The first kappa shape index (κ1) is 20.8. The van der Waals surface area contributed by atoms with Gasteiger partial charge in [-0.1, -0.05) is 6.92 Å². The summed E-state index contributed by atoms with van der Waals surface area (Å²) in [5, 5.41) is 12.2. The maximum atomic E-state index is 4.98. The van der Waals surface area contributed by atoms with Crippen molar-refractivity contribution in [3.63, 3.8) is 0 Å². The minimum Gasteiger partial charge on any atom is -0.371 e. The molecule has 1 aliphatic heterocycles. The van der Waals surface area contributed by atoms with Crippen LogP contribution < -0.4 is 10.2 Å². The van der Waals surface area contributed by atoms with Gasteiger partial charge < -0.3 is 15.2 Å². The van der Waals surface area contributed by atoms with Crippen molar-refractivity contribution in [1.29, 1.82) is 0 Å². The third-order valence-corrected chi connectivity index (χ3v) is 6.54. The first-order valence-electron chi connectivity index (χ1n) is 12.0. The van der Waals surface area contributed by atoms with E-state index in [2.05, 4.69) is 60.5 Å². The molecule has 6 heterocycles. The Balaban J connectivity index is 1.40. The van der Waals surface area contributed by atoms with Gasteiger partial charge in [-0.3, -0.25) is 10.1 Å². The lowest BCUT2D eigenvalue weighted by molar-refractivity contribution is 0.579. The summed E-state index contributed by atoms with van der Waals surface area (Å²) in [6.45, 7) is 6.00. The Morgan fingerprint density at radius 2 is 1.97 bits per heavy atom. The topological polar surface area (TPSA) is 98.4 Å². The van der Waals surface area contributed by atoms with E-state index in [1.54, 1.807) is 0 Å². The third kappa shape index (κ3) is 3.80. The van der Waals surface area contributed by atoms with Crippen LogP contribution in [0.25, 0.3) is 44.7 Å². The fourth-order valence-corrected chi connectivity index (χ4v) is 4.79. The van der Waals surface area contributed by atoms with Crippen molar-refractivity contribution in [2.75, 3.05) is 24.5 Å². The van der Waals surface area contributed by atoms with E-state index in [1.165, 1.54) is 24.9 Å². The first-order valence-corrected chi connectivity index (χ1v) is 12.0. The van der Waals surface area contributed by atoms with Gasteiger partial charge in [0.2, 0.25) is 0 Å². The highest BCUT2D eigenvalue weighted by Crippen LogP contribution is 2.33. The van der Waals surface area contributed by atoms with Crippen LogP contribution in [0.3, 0.4) is 0 Å². The molecule has 172 valence electrons. The highest BCUT2D eigenvalue weighted by molar-refractivity contribution is 5.97. The van der Waals surface area contributed by atoms with Crippen molar-refractivity contribution in [2.45, 2.75) is 32.7 Å². The van der Waals surface area contributed by atoms with Crippen LogP contribution >= 0.6 is 0 Å². The van der Waals surface area contributed by atoms with Gasteiger partial charge in [-0.25, -0.2) is 9.97 Å². The number of fused-ring (bicyclic) bond motifs is 2. The zero-order valence-corrected chi connectivity index (χ0v) is 19.3. The van der Waals surface area contributed by atoms with E-state index in [0.717, 1.165) is 76.5 Å². The van der Waals surface area contributed by atoms with Crippen molar-refractivity contribution in [3.05, 3.63) is 54.5 Å². The molecular weight excluding hydrogens is 424 g/mol. The summed E-state index contributed by atoms with van der Waals surface area (Å²) in [7, 11) is 0. The fraction of sp³-hybridized carbons (Fsp3) is 0.308. The molecule has 0 atom stereocenters. The summed E-state index contributed by atoms with van der Waals surface area (Å²) in [5.41, 5.74) is 8.59. The average Bonchev–Trinajstić information content (AvgIpc) is 3.51. The number of aromatic nitrogens is 6. The minimum absolute atomic E-state index is 0.790. The quantitative estimate of drug-likeness (QED) is 0.347. The van der Waals surface area contributed by atoms with E-state index in [0.29, 0.717) is 0 Å². The molecule has 0 unspecified atom stereocenters. The molecule has 3 N–H and O–H groups in total. The molecule has 1 fully saturated rings. The molecular formula is C26H28N8. The van der Waals surface area contributed by atoms with Crippen LogP contribution in [0.4, 0.5) is 5.69 Å². The average molecular weight is 453 g/mol. The van der Waals surface area contributed by atoms with Crippen molar-refractivity contribution in [3.8, 4) is 22.6 Å². The van der Waals surface area contributed by atoms with Gasteiger partial charge in [0.1, 0.15) is 16.9 Å². The SMILES string of the molecule is CCNCc1cncc(-c2ccc3[nH]nc(-c4cc5c(N6CCCCC6)ccnc5[nH]4)c3n2)c1. The van der Waals surface area contributed by atoms with Crippen LogP contribution in [0.5, 0.6) is 0 Å². The van der Waals surface area contributed by atoms with Crippen LogP contribution in [-0.2, 0) is 6.54 Å². The summed E-state index contributed by atoms with van der Waals surface area (Å²) in [4.78, 5) is 19.9. The van der Waals surface area contributed by atoms with E-state index in [4.69, 9.17) is 4.98 Å². The molecule has 34 heavy (non-hydrogen) atoms. The van der Waals surface area contributed by atoms with Gasteiger partial charge in [-0.15, -0.1) is 0 Å². The number of anilines is 1. The zero-order chi connectivity index (χ0) is 22.9. The summed E-state index contributed by atoms with van der Waals surface area (Å²) >= 11 is 0. The standard InChI is InChI=1S/C26H28N8/c1-2-27-14-17-12-18(16-28-15-17)20-6-7-21-24(30-20)25(33-32-21)22-13-19-23(8-9-29-26(19)31-22)34-10-4-3-5-11-34/h6-9,12-13,15-16,27H,2-5,10-11,14H2,1H3,(H,29,31)(H,32,33). The molecule has 0 saturated carbocycles. The molecule has 8 heteroatoms. The largest absolute Gasteiger partial charge is 0.371 e. The molecule has 0 amide bonds. The number of aromatic amines is 2. The molecule has 1 aliphatic rings. The van der Waals surface area contributed by atoms with Gasteiger partial charge in [0.05, 0.1) is 16.9 Å². The van der Waals surface area contributed by atoms with Gasteiger partial charge in [0.25, 0.3) is 0 Å². The molecule has 6 rings (SSSR count). The summed E-state index contributed by atoms with van der Waals surface area (Å²) in [6.07, 6.45) is 9.43. The van der Waals surface area contributed by atoms with Crippen molar-refractivity contribution >= 4 is 27.8 Å². The molecule has 0 aliphatic carbocycles. The number of nitrogens with zero attached hydrogens (tertiary/aromatic N) is 5. The van der Waals surface area contributed by atoms with Gasteiger partial charge in [0.15, 0.2) is 0 Å². The van der Waals surface area contributed by atoms with E-state index in [1.807, 2.05) is 30.7 Å². The number of H-pyrrole nitrogens is 2. The molecule has 5 aromatic heterocycles. The number of hydrogen-bond donors (Lipinski definition) is 3. The second kappa shape index (κ2) is 8.87. The minimum atomic E-state index is 0.790. The Kier molecular flexibility index (Phi) is 5.43. The lowest BCUT2D eigenvalue weighted by Crippen LogP contribution is -2.29. The fourth-order valence-electron chi connectivity index (χ4n) is 4.79. The predicted molar refractivity (Wildman–Crippen MR) is 136 cm³/mol. The van der Waals surface area contributed by atoms with Crippen molar-refractivity contribution < 1.29 is 0 Å². The molecule has 0 aromatic carbocycles. The van der Waals surface area contributed by atoms with Gasteiger partial charge in [-0.05, 0) is 61.7 Å². The van der Waals surface area contributed by atoms with Gasteiger partial charge in [-0.2, -0.15) is 5.10 Å². The molecule has 0 spiro atoms. The lowest BCUT2D eigenvalue weighted by Gasteiger charge is -2.29. The Morgan fingerprint density at radius 1 is 1.06 bits per heavy atom. The zero-order valence-electron chi connectivity index (χ0n) is 19.3. The number of hydrogen-bond acceptors (Lipinski definition) is 6. The summed E-state index contributed by atoms with van der Waals surface area (Å²) in [6, 6.07) is 10.5. The van der Waals surface area contributed by atoms with Gasteiger partial charge in [0, 0.05) is 54.9 Å². The van der Waals surface area contributed by atoms with Crippen molar-refractivity contribution in [1.82, 2.24) is 35.5 Å². The van der Waals surface area contributed by atoms with Crippen molar-refractivity contribution in [2.24, 2.45) is 0 Å². The monoisotopic (exact) mass is 452 g/mol. The van der Waals surface area contributed by atoms with Crippen LogP contribution in [0.15, 0.2) is 48.9 Å². The number of pyridine rings is 3. The number of piperidine rings is 1. The molecule has 1 saturated heterocycles. The molecule has 5 aromatic rings. The first-order chi connectivity index (χ1) is 16.8.